The van der Waals surface area contributed by atoms with Crippen molar-refractivity contribution in [3.63, 3.8) is 0 Å². The summed E-state index contributed by atoms with van der Waals surface area (Å²) in [5.41, 5.74) is 2.80. The predicted octanol–water partition coefficient (Wildman–Crippen LogP) is 0.557. The van der Waals surface area contributed by atoms with E-state index in [1.54, 1.807) is 42.5 Å². The number of benzene rings is 2. The highest BCUT2D eigenvalue weighted by Gasteiger charge is 2.10. The van der Waals surface area contributed by atoms with E-state index in [1.807, 2.05) is 13.0 Å². The van der Waals surface area contributed by atoms with E-state index < -0.39 is 16.9 Å². The van der Waals surface area contributed by atoms with Gasteiger partial charge in [0.2, 0.25) is 10.9 Å². The molecule has 7 nitrogen and oxygen atoms in total. The van der Waals surface area contributed by atoms with Crippen LogP contribution < -0.4 is 27.0 Å². The molecule has 0 radical (unpaired) electrons. The Labute approximate surface area is 136 Å². The molecule has 3 aromatic rings. The monoisotopic (exact) mass is 325 g/mol. The van der Waals surface area contributed by atoms with Crippen LogP contribution >= 0.6 is 0 Å². The third-order valence-corrected chi connectivity index (χ3v) is 3.39. The van der Waals surface area contributed by atoms with Gasteiger partial charge in [-0.2, -0.15) is 5.10 Å². The average molecular weight is 325 g/mol. The molecule has 0 fully saturated rings. The van der Waals surface area contributed by atoms with Crippen molar-refractivity contribution in [3.05, 3.63) is 79.9 Å². The maximum atomic E-state index is 12.1. The number of fused-ring (bicyclic) bond motifs is 1. The van der Waals surface area contributed by atoms with Crippen molar-refractivity contribution in [2.24, 2.45) is 5.10 Å². The molecular formula is C17H15N3O4. The Balaban J connectivity index is 0.00000208. The number of amides is 2. The summed E-state index contributed by atoms with van der Waals surface area (Å²) in [6.45, 7) is 1.90. The lowest BCUT2D eigenvalue weighted by Crippen LogP contribution is -2.36. The SMILES string of the molecule is Cc1cccc(NC(=O)NN=c2c(=O)c3ccccc3c2=O)c1.O. The Morgan fingerprint density at radius 3 is 2.17 bits per heavy atom. The van der Waals surface area contributed by atoms with Crippen LogP contribution in [0.1, 0.15) is 5.56 Å². The van der Waals surface area contributed by atoms with Gasteiger partial charge in [-0.3, -0.25) is 9.59 Å². The Hall–Kier alpha value is -3.32. The lowest BCUT2D eigenvalue weighted by molar-refractivity contribution is 0.252. The van der Waals surface area contributed by atoms with E-state index in [2.05, 4.69) is 15.8 Å². The molecule has 0 spiro atoms. The van der Waals surface area contributed by atoms with Gasteiger partial charge >= 0.3 is 6.03 Å². The topological polar surface area (TPSA) is 119 Å². The molecule has 24 heavy (non-hydrogen) atoms. The molecule has 3 rings (SSSR count). The van der Waals surface area contributed by atoms with Crippen molar-refractivity contribution in [3.8, 4) is 0 Å². The van der Waals surface area contributed by atoms with Crippen molar-refractivity contribution in [1.29, 1.82) is 0 Å². The van der Waals surface area contributed by atoms with Gasteiger partial charge in [-0.05, 0) is 24.6 Å². The van der Waals surface area contributed by atoms with E-state index in [0.29, 0.717) is 16.5 Å². The van der Waals surface area contributed by atoms with Crippen LogP contribution in [-0.4, -0.2) is 11.5 Å². The Morgan fingerprint density at radius 2 is 1.58 bits per heavy atom. The van der Waals surface area contributed by atoms with Crippen LogP contribution in [0.2, 0.25) is 0 Å². The summed E-state index contributed by atoms with van der Waals surface area (Å²) in [4.78, 5) is 36.0. The number of aryl methyl sites for hydroxylation is 1. The Morgan fingerprint density at radius 1 is 0.958 bits per heavy atom. The molecule has 0 bridgehead atoms. The first kappa shape index (κ1) is 17.0. The molecule has 7 heteroatoms. The van der Waals surface area contributed by atoms with Gasteiger partial charge in [0.1, 0.15) is 0 Å². The van der Waals surface area contributed by atoms with Crippen LogP contribution in [0.25, 0.3) is 10.8 Å². The highest BCUT2D eigenvalue weighted by Crippen LogP contribution is 2.08. The van der Waals surface area contributed by atoms with Crippen LogP contribution in [0, 0.1) is 6.92 Å². The zero-order valence-corrected chi connectivity index (χ0v) is 12.8. The molecule has 0 aliphatic heterocycles. The van der Waals surface area contributed by atoms with Crippen LogP contribution in [0.4, 0.5) is 10.5 Å². The summed E-state index contributed by atoms with van der Waals surface area (Å²) < 4.78 is 0. The van der Waals surface area contributed by atoms with Gasteiger partial charge in [0.05, 0.1) is 0 Å². The maximum Gasteiger partial charge on any atom is 0.339 e. The van der Waals surface area contributed by atoms with E-state index in [-0.39, 0.29) is 10.8 Å². The molecule has 0 unspecified atom stereocenters. The first-order valence-electron chi connectivity index (χ1n) is 6.96. The minimum absolute atomic E-state index is 0. The van der Waals surface area contributed by atoms with Crippen molar-refractivity contribution in [1.82, 2.24) is 5.43 Å². The highest BCUT2D eigenvalue weighted by atomic mass is 16.2. The van der Waals surface area contributed by atoms with Crippen LogP contribution in [0.3, 0.4) is 0 Å². The Bertz CT molecular complexity index is 1000. The molecule has 2 amide bonds. The molecule has 0 saturated heterocycles. The molecule has 0 saturated carbocycles. The first-order valence-corrected chi connectivity index (χ1v) is 6.96. The van der Waals surface area contributed by atoms with Crippen molar-refractivity contribution in [2.45, 2.75) is 6.92 Å². The van der Waals surface area contributed by atoms with E-state index in [9.17, 15) is 14.4 Å². The van der Waals surface area contributed by atoms with Crippen molar-refractivity contribution in [2.75, 3.05) is 5.32 Å². The fourth-order valence-corrected chi connectivity index (χ4v) is 2.33. The lowest BCUT2D eigenvalue weighted by atomic mass is 10.2. The molecule has 0 aliphatic rings. The van der Waals surface area contributed by atoms with Gasteiger partial charge in [-0.1, -0.05) is 36.4 Å². The first-order chi connectivity index (χ1) is 11.1. The second kappa shape index (κ2) is 6.84. The number of urea groups is 1. The van der Waals surface area contributed by atoms with Gasteiger partial charge in [-0.25, -0.2) is 10.2 Å². The largest absolute Gasteiger partial charge is 0.412 e. The molecule has 0 heterocycles. The Kier molecular flexibility index (Phi) is 4.86. The number of rotatable bonds is 2. The van der Waals surface area contributed by atoms with Gasteiger partial charge in [0, 0.05) is 16.5 Å². The van der Waals surface area contributed by atoms with Crippen LogP contribution in [0.15, 0.2) is 63.2 Å². The quantitative estimate of drug-likeness (QED) is 0.670. The summed E-state index contributed by atoms with van der Waals surface area (Å²) in [6, 6.07) is 13.1. The lowest BCUT2D eigenvalue weighted by Gasteiger charge is -2.04. The summed E-state index contributed by atoms with van der Waals surface area (Å²) >= 11 is 0. The fourth-order valence-electron chi connectivity index (χ4n) is 2.33. The maximum absolute atomic E-state index is 12.1. The van der Waals surface area contributed by atoms with E-state index in [0.717, 1.165) is 5.56 Å². The van der Waals surface area contributed by atoms with E-state index in [1.165, 1.54) is 0 Å². The second-order valence-corrected chi connectivity index (χ2v) is 5.10. The highest BCUT2D eigenvalue weighted by molar-refractivity contribution is 5.89. The molecule has 122 valence electrons. The predicted molar refractivity (Wildman–Crippen MR) is 91.4 cm³/mol. The van der Waals surface area contributed by atoms with Gasteiger partial charge in [0.15, 0.2) is 5.36 Å². The van der Waals surface area contributed by atoms with Gasteiger partial charge in [0.25, 0.3) is 0 Å². The normalized spacial score (nSPS) is 10.0. The number of hydrogen-bond acceptors (Lipinski definition) is 4. The molecular weight excluding hydrogens is 310 g/mol. The minimum Gasteiger partial charge on any atom is -0.412 e. The van der Waals surface area contributed by atoms with Crippen molar-refractivity contribution < 1.29 is 10.3 Å². The third kappa shape index (κ3) is 3.21. The summed E-state index contributed by atoms with van der Waals surface area (Å²) in [6.07, 6.45) is 0. The number of nitrogens with zero attached hydrogens (tertiary/aromatic N) is 1. The summed E-state index contributed by atoms with van der Waals surface area (Å²) in [5, 5.41) is 6.57. The zero-order valence-electron chi connectivity index (χ0n) is 12.8. The van der Waals surface area contributed by atoms with E-state index in [4.69, 9.17) is 0 Å². The zero-order chi connectivity index (χ0) is 16.4. The number of carbonyl (C=O) groups excluding carboxylic acids is 1. The fraction of sp³-hybridized carbons (Fsp3) is 0.0588. The smallest absolute Gasteiger partial charge is 0.339 e. The summed E-state index contributed by atoms with van der Waals surface area (Å²) in [5.74, 6) is 0. The minimum atomic E-state index is -0.625. The van der Waals surface area contributed by atoms with Crippen LogP contribution in [-0.2, 0) is 0 Å². The van der Waals surface area contributed by atoms with Gasteiger partial charge in [-0.15, -0.1) is 0 Å². The molecule has 3 aromatic carbocycles. The number of carbonyl (C=O) groups is 1. The van der Waals surface area contributed by atoms with Gasteiger partial charge < -0.3 is 10.8 Å². The third-order valence-electron chi connectivity index (χ3n) is 3.39. The average Bonchev–Trinajstić information content (AvgIpc) is 2.77. The summed E-state index contributed by atoms with van der Waals surface area (Å²) in [7, 11) is 0. The molecule has 0 aliphatic carbocycles. The number of nitrogens with one attached hydrogen (secondary N) is 2. The van der Waals surface area contributed by atoms with Crippen LogP contribution in [0.5, 0.6) is 0 Å². The number of anilines is 1. The standard InChI is InChI=1S/C17H13N3O3.H2O/c1-10-5-4-6-11(9-10)18-17(23)20-19-14-15(21)12-7-2-3-8-13(12)16(14)22;/h2-9H,1H3,(H2,18,20,23);1H2. The molecule has 0 aromatic heterocycles. The molecule has 4 N–H and O–H groups in total. The number of hydrogen-bond donors (Lipinski definition) is 2. The van der Waals surface area contributed by atoms with Crippen molar-refractivity contribution >= 4 is 22.5 Å². The molecule has 0 atom stereocenters. The second-order valence-electron chi connectivity index (χ2n) is 5.10. The van der Waals surface area contributed by atoms with E-state index >= 15 is 0 Å².